The lowest BCUT2D eigenvalue weighted by Crippen LogP contribution is -2.39. The lowest BCUT2D eigenvalue weighted by Gasteiger charge is -2.17. The first-order chi connectivity index (χ1) is 11.5. The Hall–Kier alpha value is -2.11. The van der Waals surface area contributed by atoms with Gasteiger partial charge in [-0.15, -0.1) is 0 Å². The highest BCUT2D eigenvalue weighted by Gasteiger charge is 2.21. The summed E-state index contributed by atoms with van der Waals surface area (Å²) in [5.74, 6) is -0.216. The molecule has 0 saturated heterocycles. The quantitative estimate of drug-likeness (QED) is 0.777. The number of ether oxygens (including phenoxy) is 2. The van der Waals surface area contributed by atoms with Crippen molar-refractivity contribution in [2.45, 2.75) is 19.0 Å². The van der Waals surface area contributed by atoms with Crippen LogP contribution in [-0.2, 0) is 22.5 Å². The fourth-order valence-corrected chi connectivity index (χ4v) is 2.49. The molecule has 2 aromatic carbocycles. The second-order valence-corrected chi connectivity index (χ2v) is 5.63. The Morgan fingerprint density at radius 1 is 1.21 bits per heavy atom. The Balaban J connectivity index is 2.07. The molecule has 0 saturated carbocycles. The van der Waals surface area contributed by atoms with Crippen molar-refractivity contribution < 1.29 is 18.7 Å². The van der Waals surface area contributed by atoms with Gasteiger partial charge in [0.2, 0.25) is 0 Å². The Morgan fingerprint density at radius 3 is 2.54 bits per heavy atom. The molecule has 0 bridgehead atoms. The number of hydrogen-bond donors (Lipinski definition) is 1. The molecular weight excluding hydrogens is 333 g/mol. The van der Waals surface area contributed by atoms with Crippen LogP contribution in [0.2, 0.25) is 5.02 Å². The molecule has 1 atom stereocenters. The number of hydrogen-bond acceptors (Lipinski definition) is 4. The predicted octanol–water partition coefficient (Wildman–Crippen LogP) is 3.36. The number of rotatable bonds is 7. The summed E-state index contributed by atoms with van der Waals surface area (Å²) < 4.78 is 24.0. The highest BCUT2D eigenvalue weighted by atomic mass is 35.5. The number of benzene rings is 2. The molecule has 0 aliphatic heterocycles. The monoisotopic (exact) mass is 351 g/mol. The number of halogens is 2. The van der Waals surface area contributed by atoms with Crippen molar-refractivity contribution >= 4 is 17.6 Å². The first kappa shape index (κ1) is 18.2. The molecule has 1 unspecified atom stereocenters. The molecule has 0 aliphatic carbocycles. The minimum absolute atomic E-state index is 0.0336. The van der Waals surface area contributed by atoms with E-state index in [1.165, 1.54) is 13.2 Å². The first-order valence-electron chi connectivity index (χ1n) is 7.42. The van der Waals surface area contributed by atoms with E-state index in [0.29, 0.717) is 12.1 Å². The minimum atomic E-state index is -0.676. The average molecular weight is 352 g/mol. The third kappa shape index (κ3) is 4.69. The van der Waals surface area contributed by atoms with E-state index in [1.807, 2.05) is 24.3 Å². The zero-order chi connectivity index (χ0) is 17.5. The molecule has 24 heavy (non-hydrogen) atoms. The van der Waals surface area contributed by atoms with Crippen LogP contribution >= 0.6 is 11.6 Å². The van der Waals surface area contributed by atoms with Crippen LogP contribution in [0.5, 0.6) is 5.75 Å². The van der Waals surface area contributed by atoms with Crippen LogP contribution in [0.3, 0.4) is 0 Å². The van der Waals surface area contributed by atoms with Crippen molar-refractivity contribution in [1.29, 1.82) is 0 Å². The largest absolute Gasteiger partial charge is 0.497 e. The standard InChI is InChI=1S/C18H19ClFNO3/c1-23-14-8-6-12(7-9-14)11-21-16(18(22)24-2)10-13-4-3-5-15(19)17(13)20/h3-9,16,21H,10-11H2,1-2H3. The van der Waals surface area contributed by atoms with Crippen molar-refractivity contribution in [1.82, 2.24) is 5.32 Å². The van der Waals surface area contributed by atoms with Crippen LogP contribution in [0, 0.1) is 5.82 Å². The van der Waals surface area contributed by atoms with E-state index in [9.17, 15) is 9.18 Å². The van der Waals surface area contributed by atoms with E-state index < -0.39 is 17.8 Å². The molecular formula is C18H19ClFNO3. The Morgan fingerprint density at radius 2 is 1.92 bits per heavy atom. The first-order valence-corrected chi connectivity index (χ1v) is 7.80. The summed E-state index contributed by atoms with van der Waals surface area (Å²) in [6.45, 7) is 0.436. The normalized spacial score (nSPS) is 11.8. The van der Waals surface area contributed by atoms with Gasteiger partial charge in [-0.05, 0) is 29.3 Å². The summed E-state index contributed by atoms with van der Waals surface area (Å²) >= 11 is 5.79. The summed E-state index contributed by atoms with van der Waals surface area (Å²) in [5, 5.41) is 3.13. The topological polar surface area (TPSA) is 47.6 Å². The highest BCUT2D eigenvalue weighted by Crippen LogP contribution is 2.19. The highest BCUT2D eigenvalue weighted by molar-refractivity contribution is 6.30. The molecule has 2 aromatic rings. The lowest BCUT2D eigenvalue weighted by molar-refractivity contribution is -0.143. The average Bonchev–Trinajstić information content (AvgIpc) is 2.61. The van der Waals surface area contributed by atoms with Crippen LogP contribution in [0.1, 0.15) is 11.1 Å². The Labute approximate surface area is 145 Å². The van der Waals surface area contributed by atoms with Gasteiger partial charge in [0.1, 0.15) is 17.6 Å². The van der Waals surface area contributed by atoms with Gasteiger partial charge in [-0.25, -0.2) is 4.39 Å². The smallest absolute Gasteiger partial charge is 0.323 e. The molecule has 1 N–H and O–H groups in total. The number of esters is 1. The number of carbonyl (C=O) groups is 1. The molecule has 2 rings (SSSR count). The molecule has 6 heteroatoms. The lowest BCUT2D eigenvalue weighted by atomic mass is 10.0. The summed E-state index contributed by atoms with van der Waals surface area (Å²) in [5.41, 5.74) is 1.33. The van der Waals surface area contributed by atoms with Gasteiger partial charge >= 0.3 is 5.97 Å². The maximum atomic E-state index is 14.1. The van der Waals surface area contributed by atoms with Crippen molar-refractivity contribution in [2.75, 3.05) is 14.2 Å². The molecule has 0 radical (unpaired) electrons. The third-order valence-corrected chi connectivity index (χ3v) is 3.94. The second kappa shape index (κ2) is 8.66. The van der Waals surface area contributed by atoms with E-state index in [0.717, 1.165) is 11.3 Å². The van der Waals surface area contributed by atoms with Gasteiger partial charge in [0.25, 0.3) is 0 Å². The molecule has 0 spiro atoms. The minimum Gasteiger partial charge on any atom is -0.497 e. The van der Waals surface area contributed by atoms with Gasteiger partial charge in [-0.1, -0.05) is 35.9 Å². The van der Waals surface area contributed by atoms with Crippen LogP contribution < -0.4 is 10.1 Å². The Kier molecular flexibility index (Phi) is 6.58. The molecule has 0 amide bonds. The maximum absolute atomic E-state index is 14.1. The van der Waals surface area contributed by atoms with Crippen LogP contribution in [0.15, 0.2) is 42.5 Å². The fraction of sp³-hybridized carbons (Fsp3) is 0.278. The van der Waals surface area contributed by atoms with Crippen molar-refractivity contribution in [3.63, 3.8) is 0 Å². The zero-order valence-corrected chi connectivity index (χ0v) is 14.3. The van der Waals surface area contributed by atoms with Gasteiger partial charge in [0, 0.05) is 13.0 Å². The fourth-order valence-electron chi connectivity index (χ4n) is 2.29. The summed E-state index contributed by atoms with van der Waals surface area (Å²) in [7, 11) is 2.90. The number of carbonyl (C=O) groups excluding carboxylic acids is 1. The van der Waals surface area contributed by atoms with E-state index in [1.54, 1.807) is 19.2 Å². The number of nitrogens with one attached hydrogen (secondary N) is 1. The van der Waals surface area contributed by atoms with Gasteiger partial charge in [-0.2, -0.15) is 0 Å². The molecule has 0 heterocycles. The van der Waals surface area contributed by atoms with Crippen molar-refractivity contribution in [3.8, 4) is 5.75 Å². The van der Waals surface area contributed by atoms with E-state index >= 15 is 0 Å². The second-order valence-electron chi connectivity index (χ2n) is 5.22. The molecule has 128 valence electrons. The summed E-state index contributed by atoms with van der Waals surface area (Å²) in [4.78, 5) is 12.0. The molecule has 0 aliphatic rings. The number of methoxy groups -OCH3 is 2. The Bertz CT molecular complexity index is 691. The van der Waals surface area contributed by atoms with Gasteiger partial charge in [0.05, 0.1) is 19.2 Å². The van der Waals surface area contributed by atoms with Crippen molar-refractivity contribution in [3.05, 3.63) is 64.4 Å². The summed E-state index contributed by atoms with van der Waals surface area (Å²) in [6, 6.07) is 11.5. The maximum Gasteiger partial charge on any atom is 0.323 e. The van der Waals surface area contributed by atoms with Gasteiger partial charge in [-0.3, -0.25) is 4.79 Å². The van der Waals surface area contributed by atoms with Crippen LogP contribution in [0.4, 0.5) is 4.39 Å². The zero-order valence-electron chi connectivity index (χ0n) is 13.5. The van der Waals surface area contributed by atoms with E-state index in [-0.39, 0.29) is 11.4 Å². The van der Waals surface area contributed by atoms with Crippen LogP contribution in [0.25, 0.3) is 0 Å². The molecule has 4 nitrogen and oxygen atoms in total. The SMILES string of the molecule is COC(=O)C(Cc1cccc(Cl)c1F)NCc1ccc(OC)cc1. The molecule has 0 fully saturated rings. The predicted molar refractivity (Wildman–Crippen MR) is 90.8 cm³/mol. The van der Waals surface area contributed by atoms with Crippen molar-refractivity contribution in [2.24, 2.45) is 0 Å². The van der Waals surface area contributed by atoms with Crippen LogP contribution in [-0.4, -0.2) is 26.2 Å². The molecule has 0 aromatic heterocycles. The van der Waals surface area contributed by atoms with E-state index in [4.69, 9.17) is 21.1 Å². The summed E-state index contributed by atoms with van der Waals surface area (Å²) in [6.07, 6.45) is 0.148. The van der Waals surface area contributed by atoms with Gasteiger partial charge in [0.15, 0.2) is 0 Å². The third-order valence-electron chi connectivity index (χ3n) is 3.65. The van der Waals surface area contributed by atoms with Gasteiger partial charge < -0.3 is 14.8 Å². The van der Waals surface area contributed by atoms with E-state index in [2.05, 4.69) is 5.32 Å².